The first-order valence-electron chi connectivity index (χ1n) is 9.02. The second kappa shape index (κ2) is 10.8. The molecule has 0 atom stereocenters. The number of halogens is 1. The lowest BCUT2D eigenvalue weighted by molar-refractivity contribution is -0.130. The maximum Gasteiger partial charge on any atom is 0.242 e. The monoisotopic (exact) mass is 498 g/mol. The Bertz CT molecular complexity index is 771. The highest BCUT2D eigenvalue weighted by Crippen LogP contribution is 2.15. The molecule has 1 aromatic carbocycles. The Morgan fingerprint density at radius 1 is 1.14 bits per heavy atom. The highest BCUT2D eigenvalue weighted by Gasteiger charge is 2.21. The van der Waals surface area contributed by atoms with Gasteiger partial charge >= 0.3 is 0 Å². The topological polar surface area (TPSA) is 90.7 Å². The van der Waals surface area contributed by atoms with E-state index in [0.29, 0.717) is 12.5 Å². The first kappa shape index (κ1) is 21.9. The van der Waals surface area contributed by atoms with E-state index in [0.717, 1.165) is 32.0 Å². The maximum atomic E-state index is 12.5. The number of carbonyl (C=O) groups excluding carboxylic acids is 1. The number of hydrogen-bond acceptors (Lipinski definition) is 5. The average Bonchev–Trinajstić information content (AvgIpc) is 3.13. The number of amides is 1. The van der Waals surface area contributed by atoms with Crippen LogP contribution in [0, 0.1) is 0 Å². The Hall–Kier alpha value is -2.37. The summed E-state index contributed by atoms with van der Waals surface area (Å²) in [5, 5.41) is 10.2. The molecule has 0 aliphatic carbocycles. The van der Waals surface area contributed by atoms with Gasteiger partial charge in [0.15, 0.2) is 5.96 Å². The van der Waals surface area contributed by atoms with Gasteiger partial charge in [0.2, 0.25) is 5.91 Å². The molecule has 1 aromatic heterocycles. The summed E-state index contributed by atoms with van der Waals surface area (Å²) in [5.41, 5.74) is 1.20. The molecule has 3 rings (SSSR count). The van der Waals surface area contributed by atoms with E-state index in [1.807, 2.05) is 30.1 Å². The van der Waals surface area contributed by atoms with E-state index in [4.69, 9.17) is 0 Å². The maximum absolute atomic E-state index is 12.5. The van der Waals surface area contributed by atoms with Crippen LogP contribution in [0.15, 0.2) is 41.7 Å². The molecular weight excluding hydrogens is 471 g/mol. The lowest BCUT2D eigenvalue weighted by Crippen LogP contribution is -2.52. The smallest absolute Gasteiger partial charge is 0.242 e. The molecule has 0 unspecified atom stereocenters. The molecule has 9 nitrogen and oxygen atoms in total. The zero-order valence-electron chi connectivity index (χ0n) is 16.2. The van der Waals surface area contributed by atoms with E-state index < -0.39 is 0 Å². The molecule has 0 spiro atoms. The van der Waals surface area contributed by atoms with E-state index in [2.05, 4.69) is 42.7 Å². The molecule has 1 aliphatic heterocycles. The number of aliphatic imine (C=N–C) groups is 1. The van der Waals surface area contributed by atoms with Crippen molar-refractivity contribution in [1.29, 1.82) is 0 Å². The van der Waals surface area contributed by atoms with Crippen LogP contribution in [0.1, 0.15) is 5.82 Å². The molecule has 152 valence electrons. The Labute approximate surface area is 182 Å². The molecule has 2 aromatic rings. The summed E-state index contributed by atoms with van der Waals surface area (Å²) in [4.78, 5) is 25.0. The highest BCUT2D eigenvalue weighted by molar-refractivity contribution is 14.0. The van der Waals surface area contributed by atoms with Gasteiger partial charge in [-0.3, -0.25) is 14.5 Å². The Morgan fingerprint density at radius 2 is 1.86 bits per heavy atom. The molecule has 0 radical (unpaired) electrons. The Kier molecular flexibility index (Phi) is 8.48. The quantitative estimate of drug-likeness (QED) is 0.354. The summed E-state index contributed by atoms with van der Waals surface area (Å²) >= 11 is 0. The van der Waals surface area contributed by atoms with Crippen molar-refractivity contribution >= 4 is 41.5 Å². The van der Waals surface area contributed by atoms with E-state index in [1.165, 1.54) is 12.0 Å². The second-order valence-electron chi connectivity index (χ2n) is 6.28. The number of para-hydroxylation sites is 1. The van der Waals surface area contributed by atoms with Crippen LogP contribution in [-0.4, -0.2) is 71.3 Å². The highest BCUT2D eigenvalue weighted by atomic mass is 127. The molecular formula is C18H27IN8O. The van der Waals surface area contributed by atoms with Crippen LogP contribution in [0.25, 0.3) is 0 Å². The summed E-state index contributed by atoms with van der Waals surface area (Å²) in [6.45, 7) is 3.83. The Balaban J connectivity index is 0.00000280. The van der Waals surface area contributed by atoms with Crippen LogP contribution in [0.3, 0.4) is 0 Å². The molecule has 2 N–H and O–H groups in total. The summed E-state index contributed by atoms with van der Waals surface area (Å²) in [7, 11) is 3.51. The first-order chi connectivity index (χ1) is 13.2. The van der Waals surface area contributed by atoms with E-state index in [1.54, 1.807) is 11.7 Å². The first-order valence-corrected chi connectivity index (χ1v) is 9.02. The van der Waals surface area contributed by atoms with Gasteiger partial charge in [-0.1, -0.05) is 18.2 Å². The van der Waals surface area contributed by atoms with Gasteiger partial charge in [0.25, 0.3) is 0 Å². The molecule has 28 heavy (non-hydrogen) atoms. The van der Waals surface area contributed by atoms with Crippen LogP contribution < -0.4 is 15.5 Å². The number of rotatable bonds is 5. The van der Waals surface area contributed by atoms with Crippen molar-refractivity contribution in [3.8, 4) is 0 Å². The van der Waals surface area contributed by atoms with Gasteiger partial charge in [0.1, 0.15) is 12.2 Å². The second-order valence-corrected chi connectivity index (χ2v) is 6.28. The van der Waals surface area contributed by atoms with Crippen LogP contribution in [0.5, 0.6) is 0 Å². The van der Waals surface area contributed by atoms with Crippen LogP contribution in [-0.2, 0) is 18.4 Å². The normalized spacial score (nSPS) is 14.4. The summed E-state index contributed by atoms with van der Waals surface area (Å²) in [6.07, 6.45) is 1.51. The van der Waals surface area contributed by atoms with Gasteiger partial charge in [-0.05, 0) is 12.1 Å². The van der Waals surface area contributed by atoms with Crippen molar-refractivity contribution in [3.05, 3.63) is 42.5 Å². The molecule has 1 amide bonds. The fourth-order valence-electron chi connectivity index (χ4n) is 2.99. The van der Waals surface area contributed by atoms with E-state index in [9.17, 15) is 4.79 Å². The third-order valence-electron chi connectivity index (χ3n) is 4.60. The minimum atomic E-state index is 0. The van der Waals surface area contributed by atoms with Crippen molar-refractivity contribution in [3.63, 3.8) is 0 Å². The fourth-order valence-corrected chi connectivity index (χ4v) is 2.99. The molecule has 2 heterocycles. The van der Waals surface area contributed by atoms with Crippen molar-refractivity contribution in [2.45, 2.75) is 6.54 Å². The van der Waals surface area contributed by atoms with Crippen LogP contribution in [0.4, 0.5) is 5.69 Å². The van der Waals surface area contributed by atoms with E-state index in [-0.39, 0.29) is 36.4 Å². The van der Waals surface area contributed by atoms with E-state index >= 15 is 0 Å². The van der Waals surface area contributed by atoms with Gasteiger partial charge in [0, 0.05) is 46.0 Å². The Morgan fingerprint density at radius 3 is 2.46 bits per heavy atom. The molecule has 1 aliphatic rings. The van der Waals surface area contributed by atoms with Gasteiger partial charge in [-0.25, -0.2) is 4.98 Å². The number of benzene rings is 1. The van der Waals surface area contributed by atoms with Gasteiger partial charge < -0.3 is 20.4 Å². The number of anilines is 1. The zero-order valence-corrected chi connectivity index (χ0v) is 18.5. The number of nitrogens with zero attached hydrogens (tertiary/aromatic N) is 6. The van der Waals surface area contributed by atoms with Gasteiger partial charge in [0.05, 0.1) is 13.1 Å². The zero-order chi connectivity index (χ0) is 19.1. The van der Waals surface area contributed by atoms with Crippen molar-refractivity contribution in [1.82, 2.24) is 30.3 Å². The predicted molar refractivity (Wildman–Crippen MR) is 120 cm³/mol. The minimum Gasteiger partial charge on any atom is -0.368 e. The summed E-state index contributed by atoms with van der Waals surface area (Å²) in [5.74, 6) is 1.43. The standard InChI is InChI=1S/C18H26N8O.HI/c1-19-18(20-12-16-22-14-23-24(16)2)21-13-17(27)26-10-8-25(9-11-26)15-6-4-3-5-7-15;/h3-7,14H,8-13H2,1-2H3,(H2,19,20,21);1H. The third-order valence-corrected chi connectivity index (χ3v) is 4.60. The number of carbonyl (C=O) groups is 1. The van der Waals surface area contributed by atoms with Crippen LogP contribution >= 0.6 is 24.0 Å². The number of aryl methyl sites for hydroxylation is 1. The minimum absolute atomic E-state index is 0. The largest absolute Gasteiger partial charge is 0.368 e. The van der Waals surface area contributed by atoms with Crippen molar-refractivity contribution < 1.29 is 4.79 Å². The third kappa shape index (κ3) is 5.81. The fraction of sp³-hybridized carbons (Fsp3) is 0.444. The molecule has 1 saturated heterocycles. The van der Waals surface area contributed by atoms with Crippen molar-refractivity contribution in [2.24, 2.45) is 12.0 Å². The lowest BCUT2D eigenvalue weighted by atomic mass is 10.2. The number of aromatic nitrogens is 3. The summed E-state index contributed by atoms with van der Waals surface area (Å²) in [6, 6.07) is 10.3. The summed E-state index contributed by atoms with van der Waals surface area (Å²) < 4.78 is 1.69. The average molecular weight is 498 g/mol. The van der Waals surface area contributed by atoms with Gasteiger partial charge in [-0.2, -0.15) is 5.10 Å². The SMILES string of the molecule is CN=C(NCC(=O)N1CCN(c2ccccc2)CC1)NCc1ncnn1C.I. The lowest BCUT2D eigenvalue weighted by Gasteiger charge is -2.36. The molecule has 0 bridgehead atoms. The van der Waals surface area contributed by atoms with Gasteiger partial charge in [-0.15, -0.1) is 24.0 Å². The van der Waals surface area contributed by atoms with Crippen molar-refractivity contribution in [2.75, 3.05) is 44.7 Å². The number of hydrogen-bond donors (Lipinski definition) is 2. The molecule has 1 fully saturated rings. The number of guanidine groups is 1. The number of piperazine rings is 1. The molecule has 0 saturated carbocycles. The number of nitrogens with one attached hydrogen (secondary N) is 2. The predicted octanol–water partition coefficient (Wildman–Crippen LogP) is 0.447. The molecule has 10 heteroatoms. The van der Waals surface area contributed by atoms with Crippen LogP contribution in [0.2, 0.25) is 0 Å².